The highest BCUT2D eigenvalue weighted by Crippen LogP contribution is 2.01. The van der Waals surface area contributed by atoms with Crippen LogP contribution in [-0.2, 0) is 4.79 Å². The molecule has 0 spiro atoms. The third-order valence-electron chi connectivity index (χ3n) is 2.59. The molecule has 90 valence electrons. The molecule has 0 heterocycles. The Morgan fingerprint density at radius 3 is 2.00 bits per heavy atom. The maximum absolute atomic E-state index is 11.6. The van der Waals surface area contributed by atoms with Crippen LogP contribution in [0, 0.1) is 11.8 Å². The predicted octanol–water partition coefficient (Wildman–Crippen LogP) is 1.78. The first-order valence-electron chi connectivity index (χ1n) is 5.88. The first kappa shape index (κ1) is 14.4. The van der Waals surface area contributed by atoms with Crippen LogP contribution in [0.25, 0.3) is 0 Å². The minimum atomic E-state index is -0.110. The van der Waals surface area contributed by atoms with Crippen LogP contribution in [0.15, 0.2) is 0 Å². The summed E-state index contributed by atoms with van der Waals surface area (Å²) < 4.78 is 0. The molecule has 0 rings (SSSR count). The van der Waals surface area contributed by atoms with E-state index in [0.29, 0.717) is 17.9 Å². The van der Waals surface area contributed by atoms with Crippen molar-refractivity contribution in [3.8, 4) is 0 Å². The molecule has 2 unspecified atom stereocenters. The van der Waals surface area contributed by atoms with Crippen LogP contribution in [-0.4, -0.2) is 24.5 Å². The molecule has 0 bridgehead atoms. The highest BCUT2D eigenvalue weighted by Gasteiger charge is 2.16. The van der Waals surface area contributed by atoms with Crippen LogP contribution in [0.5, 0.6) is 0 Å². The fourth-order valence-electron chi connectivity index (χ4n) is 1.12. The summed E-state index contributed by atoms with van der Waals surface area (Å²) in [6, 6.07) is 0.256. The third-order valence-corrected chi connectivity index (χ3v) is 2.59. The Bertz CT molecular complexity index is 190. The van der Waals surface area contributed by atoms with Crippen molar-refractivity contribution in [1.82, 2.24) is 10.6 Å². The first-order valence-corrected chi connectivity index (χ1v) is 5.88. The Labute approximate surface area is 94.0 Å². The van der Waals surface area contributed by atoms with Crippen molar-refractivity contribution in [2.75, 3.05) is 6.54 Å². The molecule has 1 amide bonds. The molecule has 0 aromatic heterocycles. The van der Waals surface area contributed by atoms with E-state index >= 15 is 0 Å². The molecule has 2 N–H and O–H groups in total. The van der Waals surface area contributed by atoms with Gasteiger partial charge in [0.15, 0.2) is 0 Å². The topological polar surface area (TPSA) is 41.1 Å². The summed E-state index contributed by atoms with van der Waals surface area (Å²) >= 11 is 0. The van der Waals surface area contributed by atoms with E-state index in [1.807, 2.05) is 6.92 Å². The van der Waals surface area contributed by atoms with Crippen LogP contribution in [0.3, 0.4) is 0 Å². The van der Waals surface area contributed by atoms with Crippen molar-refractivity contribution in [3.63, 3.8) is 0 Å². The Morgan fingerprint density at radius 1 is 1.07 bits per heavy atom. The van der Waals surface area contributed by atoms with Gasteiger partial charge in [-0.3, -0.25) is 4.79 Å². The Morgan fingerprint density at radius 2 is 1.60 bits per heavy atom. The highest BCUT2D eigenvalue weighted by atomic mass is 16.2. The maximum Gasteiger partial charge on any atom is 0.236 e. The zero-order valence-corrected chi connectivity index (χ0v) is 10.9. The van der Waals surface area contributed by atoms with Crippen molar-refractivity contribution in [2.24, 2.45) is 11.8 Å². The maximum atomic E-state index is 11.6. The SMILES string of the molecule is CC(C)CNC(=O)C(C)NC(C)C(C)C. The largest absolute Gasteiger partial charge is 0.354 e. The number of hydrogen-bond acceptors (Lipinski definition) is 2. The van der Waals surface area contributed by atoms with E-state index in [2.05, 4.69) is 45.3 Å². The second kappa shape index (κ2) is 6.83. The van der Waals surface area contributed by atoms with Gasteiger partial charge in [-0.05, 0) is 25.7 Å². The van der Waals surface area contributed by atoms with E-state index in [9.17, 15) is 4.79 Å². The average Bonchev–Trinajstić information content (AvgIpc) is 2.13. The van der Waals surface area contributed by atoms with Gasteiger partial charge >= 0.3 is 0 Å². The molecular weight excluding hydrogens is 188 g/mol. The zero-order chi connectivity index (χ0) is 12.0. The lowest BCUT2D eigenvalue weighted by molar-refractivity contribution is -0.123. The summed E-state index contributed by atoms with van der Waals surface area (Å²) in [7, 11) is 0. The average molecular weight is 214 g/mol. The van der Waals surface area contributed by atoms with Gasteiger partial charge in [-0.2, -0.15) is 0 Å². The third kappa shape index (κ3) is 6.50. The van der Waals surface area contributed by atoms with Crippen molar-refractivity contribution in [2.45, 2.75) is 53.6 Å². The standard InChI is InChI=1S/C12H26N2O/c1-8(2)7-13-12(15)11(6)14-10(5)9(3)4/h8-11,14H,7H2,1-6H3,(H,13,15). The van der Waals surface area contributed by atoms with Crippen molar-refractivity contribution >= 4 is 5.91 Å². The van der Waals surface area contributed by atoms with Gasteiger partial charge in [0.1, 0.15) is 0 Å². The molecule has 0 aromatic rings. The van der Waals surface area contributed by atoms with Crippen molar-refractivity contribution in [3.05, 3.63) is 0 Å². The summed E-state index contributed by atoms with van der Waals surface area (Å²) in [5.74, 6) is 1.14. The number of amides is 1. The molecule has 0 aliphatic carbocycles. The van der Waals surface area contributed by atoms with Crippen LogP contribution in [0.4, 0.5) is 0 Å². The highest BCUT2D eigenvalue weighted by molar-refractivity contribution is 5.81. The van der Waals surface area contributed by atoms with Gasteiger partial charge < -0.3 is 10.6 Å². The van der Waals surface area contributed by atoms with Crippen LogP contribution in [0.2, 0.25) is 0 Å². The normalized spacial score (nSPS) is 15.5. The van der Waals surface area contributed by atoms with Gasteiger partial charge in [-0.1, -0.05) is 27.7 Å². The zero-order valence-electron chi connectivity index (χ0n) is 10.9. The molecule has 15 heavy (non-hydrogen) atoms. The molecule has 0 aliphatic rings. The summed E-state index contributed by atoms with van der Waals surface area (Å²) in [6.07, 6.45) is 0. The Hall–Kier alpha value is -0.570. The second-order valence-electron chi connectivity index (χ2n) is 5.06. The van der Waals surface area contributed by atoms with Gasteiger partial charge in [0, 0.05) is 12.6 Å². The molecule has 0 radical (unpaired) electrons. The summed E-state index contributed by atoms with van der Waals surface area (Å²) in [4.78, 5) is 11.6. The van der Waals surface area contributed by atoms with Gasteiger partial charge in [0.2, 0.25) is 5.91 Å². The van der Waals surface area contributed by atoms with Crippen molar-refractivity contribution < 1.29 is 4.79 Å². The molecule has 0 fully saturated rings. The number of carbonyl (C=O) groups is 1. The number of carbonyl (C=O) groups excluding carboxylic acids is 1. The minimum absolute atomic E-state index is 0.0937. The lowest BCUT2D eigenvalue weighted by atomic mass is 10.1. The molecule has 0 saturated carbocycles. The smallest absolute Gasteiger partial charge is 0.236 e. The van der Waals surface area contributed by atoms with Gasteiger partial charge in [0.25, 0.3) is 0 Å². The lowest BCUT2D eigenvalue weighted by Crippen LogP contribution is -2.47. The monoisotopic (exact) mass is 214 g/mol. The Kier molecular flexibility index (Phi) is 6.57. The van der Waals surface area contributed by atoms with Gasteiger partial charge in [-0.15, -0.1) is 0 Å². The number of rotatable bonds is 6. The molecular formula is C12H26N2O. The molecule has 2 atom stereocenters. The van der Waals surface area contributed by atoms with E-state index in [0.717, 1.165) is 6.54 Å². The van der Waals surface area contributed by atoms with Crippen molar-refractivity contribution in [1.29, 1.82) is 0 Å². The van der Waals surface area contributed by atoms with Gasteiger partial charge in [-0.25, -0.2) is 0 Å². The summed E-state index contributed by atoms with van der Waals surface area (Å²) in [5, 5.41) is 6.22. The quantitative estimate of drug-likeness (QED) is 0.707. The van der Waals surface area contributed by atoms with E-state index in [4.69, 9.17) is 0 Å². The minimum Gasteiger partial charge on any atom is -0.354 e. The second-order valence-corrected chi connectivity index (χ2v) is 5.06. The Balaban J connectivity index is 3.88. The molecule has 0 saturated heterocycles. The van der Waals surface area contributed by atoms with Gasteiger partial charge in [0.05, 0.1) is 6.04 Å². The van der Waals surface area contributed by atoms with E-state index in [1.54, 1.807) is 0 Å². The van der Waals surface area contributed by atoms with Crippen LogP contribution < -0.4 is 10.6 Å². The number of nitrogens with one attached hydrogen (secondary N) is 2. The van der Waals surface area contributed by atoms with Crippen LogP contribution >= 0.6 is 0 Å². The predicted molar refractivity (Wildman–Crippen MR) is 64.7 cm³/mol. The summed E-state index contributed by atoms with van der Waals surface area (Å²) in [5.41, 5.74) is 0. The van der Waals surface area contributed by atoms with E-state index in [-0.39, 0.29) is 11.9 Å². The fourth-order valence-corrected chi connectivity index (χ4v) is 1.12. The fraction of sp³-hybridized carbons (Fsp3) is 0.917. The molecule has 0 aromatic carbocycles. The van der Waals surface area contributed by atoms with Crippen LogP contribution in [0.1, 0.15) is 41.5 Å². The summed E-state index contributed by atoms with van der Waals surface area (Å²) in [6.45, 7) is 13.3. The first-order chi connectivity index (χ1) is 6.84. The lowest BCUT2D eigenvalue weighted by Gasteiger charge is -2.22. The number of hydrogen-bond donors (Lipinski definition) is 2. The molecule has 3 nitrogen and oxygen atoms in total. The van der Waals surface area contributed by atoms with E-state index in [1.165, 1.54) is 0 Å². The molecule has 0 aliphatic heterocycles. The molecule has 3 heteroatoms. The van der Waals surface area contributed by atoms with E-state index < -0.39 is 0 Å².